The van der Waals surface area contributed by atoms with Crippen LogP contribution in [0.25, 0.3) is 16.6 Å². The highest BCUT2D eigenvalue weighted by atomic mass is 35.5. The summed E-state index contributed by atoms with van der Waals surface area (Å²) in [5.41, 5.74) is -0.510. The number of benzene rings is 2. The van der Waals surface area contributed by atoms with E-state index in [1.165, 1.54) is 21.9 Å². The number of fused-ring (bicyclic) bond motifs is 1. The SMILES string of the molecule is CC(C)(C)OC(=O)N1CCN(c2c(F)cc(Nc3ncc4c(=O)n(-c5c(Cl)cccc5Cl)ccc4n3)cc2F)CC1. The summed E-state index contributed by atoms with van der Waals surface area (Å²) in [6.07, 6.45) is 2.35. The number of rotatable bonds is 4. The molecule has 1 fully saturated rings. The first kappa shape index (κ1) is 28.6. The van der Waals surface area contributed by atoms with Crippen LogP contribution in [0.3, 0.4) is 0 Å². The van der Waals surface area contributed by atoms with E-state index in [9.17, 15) is 9.59 Å². The zero-order valence-electron chi connectivity index (χ0n) is 22.4. The molecule has 1 aliphatic heterocycles. The van der Waals surface area contributed by atoms with Crippen LogP contribution >= 0.6 is 23.2 Å². The maximum absolute atomic E-state index is 15.1. The predicted octanol–water partition coefficient (Wildman–Crippen LogP) is 6.17. The lowest BCUT2D eigenvalue weighted by Gasteiger charge is -2.37. The van der Waals surface area contributed by atoms with E-state index >= 15 is 8.78 Å². The maximum atomic E-state index is 15.1. The molecule has 214 valence electrons. The number of nitrogens with one attached hydrogen (secondary N) is 1. The largest absolute Gasteiger partial charge is 0.444 e. The van der Waals surface area contributed by atoms with Crippen LogP contribution < -0.4 is 15.8 Å². The lowest BCUT2D eigenvalue weighted by atomic mass is 10.2. The van der Waals surface area contributed by atoms with Crippen molar-refractivity contribution in [2.24, 2.45) is 0 Å². The van der Waals surface area contributed by atoms with E-state index in [4.69, 9.17) is 27.9 Å². The Bertz CT molecular complexity index is 1660. The molecule has 13 heteroatoms. The highest BCUT2D eigenvalue weighted by Crippen LogP contribution is 2.30. The highest BCUT2D eigenvalue weighted by Gasteiger charge is 2.28. The number of piperazine rings is 1. The molecule has 5 rings (SSSR count). The Balaban J connectivity index is 1.33. The number of halogens is 4. The number of hydrogen-bond acceptors (Lipinski definition) is 7. The van der Waals surface area contributed by atoms with Crippen LogP contribution in [-0.2, 0) is 4.74 Å². The summed E-state index contributed by atoms with van der Waals surface area (Å²) in [6.45, 7) is 6.35. The van der Waals surface area contributed by atoms with Gasteiger partial charge in [0.15, 0.2) is 11.6 Å². The summed E-state index contributed by atoms with van der Waals surface area (Å²) < 4.78 is 36.9. The van der Waals surface area contributed by atoms with E-state index in [0.717, 1.165) is 12.1 Å². The van der Waals surface area contributed by atoms with Crippen LogP contribution in [0.1, 0.15) is 20.8 Å². The number of anilines is 3. The van der Waals surface area contributed by atoms with Gasteiger partial charge in [0.05, 0.1) is 26.6 Å². The summed E-state index contributed by atoms with van der Waals surface area (Å²) in [5.74, 6) is -1.51. The van der Waals surface area contributed by atoms with Crippen molar-refractivity contribution < 1.29 is 18.3 Å². The fourth-order valence-corrected chi connectivity index (χ4v) is 5.07. The molecule has 1 N–H and O–H groups in total. The zero-order chi connectivity index (χ0) is 29.5. The van der Waals surface area contributed by atoms with E-state index in [1.807, 2.05) is 0 Å². The number of carbonyl (C=O) groups excluding carboxylic acids is 1. The highest BCUT2D eigenvalue weighted by molar-refractivity contribution is 6.37. The minimum Gasteiger partial charge on any atom is -0.444 e. The van der Waals surface area contributed by atoms with Gasteiger partial charge in [0.1, 0.15) is 11.3 Å². The number of carbonyl (C=O) groups is 1. The van der Waals surface area contributed by atoms with Crippen molar-refractivity contribution in [2.45, 2.75) is 26.4 Å². The molecule has 1 saturated heterocycles. The summed E-state index contributed by atoms with van der Waals surface area (Å²) in [6, 6.07) is 8.79. The lowest BCUT2D eigenvalue weighted by molar-refractivity contribution is 0.0240. The van der Waals surface area contributed by atoms with Gasteiger partial charge in [-0.2, -0.15) is 0 Å². The van der Waals surface area contributed by atoms with Crippen LogP contribution in [0, 0.1) is 11.6 Å². The van der Waals surface area contributed by atoms with Gasteiger partial charge in [0, 0.05) is 44.3 Å². The van der Waals surface area contributed by atoms with Gasteiger partial charge in [0.25, 0.3) is 5.56 Å². The molecule has 0 aliphatic carbocycles. The first-order chi connectivity index (χ1) is 19.4. The topological polar surface area (TPSA) is 92.6 Å². The van der Waals surface area contributed by atoms with Crippen molar-refractivity contribution in [2.75, 3.05) is 36.4 Å². The second-order valence-electron chi connectivity index (χ2n) is 10.4. The first-order valence-electron chi connectivity index (χ1n) is 12.7. The number of hydrogen-bond donors (Lipinski definition) is 1. The summed E-state index contributed by atoms with van der Waals surface area (Å²) in [5, 5.41) is 3.60. The van der Waals surface area contributed by atoms with Crippen LogP contribution in [0.5, 0.6) is 0 Å². The third-order valence-corrected chi connectivity index (χ3v) is 6.96. The monoisotopic (exact) mass is 602 g/mol. The fourth-order valence-electron chi connectivity index (χ4n) is 4.49. The van der Waals surface area contributed by atoms with Crippen molar-refractivity contribution >= 4 is 57.5 Å². The smallest absolute Gasteiger partial charge is 0.410 e. The Kier molecular flexibility index (Phi) is 7.76. The quantitative estimate of drug-likeness (QED) is 0.299. The van der Waals surface area contributed by atoms with Crippen LogP contribution in [0.4, 0.5) is 30.9 Å². The molecule has 4 aromatic rings. The average molecular weight is 603 g/mol. The standard InChI is InChI=1S/C28H26Cl2F2N6O3/c1-28(2,3)41-27(40)37-11-9-36(10-12-37)24-20(31)13-16(14-21(24)32)34-26-33-15-17-22(35-26)7-8-38(25(17)39)23-18(29)5-4-6-19(23)30/h4-8,13-15H,9-12H2,1-3H3,(H,33,34,35). The van der Waals surface area contributed by atoms with E-state index in [0.29, 0.717) is 21.2 Å². The molecule has 0 spiro atoms. The van der Waals surface area contributed by atoms with Crippen molar-refractivity contribution in [3.05, 3.63) is 80.8 Å². The third kappa shape index (κ3) is 6.06. The maximum Gasteiger partial charge on any atom is 0.410 e. The molecule has 2 aromatic carbocycles. The Morgan fingerprint density at radius 1 is 1.00 bits per heavy atom. The lowest BCUT2D eigenvalue weighted by Crippen LogP contribution is -2.50. The summed E-state index contributed by atoms with van der Waals surface area (Å²) >= 11 is 12.5. The molecule has 9 nitrogen and oxygen atoms in total. The molecular formula is C28H26Cl2F2N6O3. The number of aromatic nitrogens is 3. The molecule has 0 atom stereocenters. The van der Waals surface area contributed by atoms with E-state index in [-0.39, 0.29) is 48.9 Å². The molecule has 0 radical (unpaired) electrons. The number of nitrogens with zero attached hydrogens (tertiary/aromatic N) is 5. The molecule has 1 amide bonds. The Morgan fingerprint density at radius 2 is 1.63 bits per heavy atom. The second-order valence-corrected chi connectivity index (χ2v) is 11.2. The minimum absolute atomic E-state index is 0.0444. The van der Waals surface area contributed by atoms with Crippen LogP contribution in [0.15, 0.2) is 53.6 Å². The number of pyridine rings is 1. The van der Waals surface area contributed by atoms with E-state index in [1.54, 1.807) is 49.9 Å². The van der Waals surface area contributed by atoms with Gasteiger partial charge >= 0.3 is 6.09 Å². The van der Waals surface area contributed by atoms with Gasteiger partial charge in [-0.05, 0) is 51.1 Å². The molecule has 0 unspecified atom stereocenters. The molecule has 0 saturated carbocycles. The van der Waals surface area contributed by atoms with Gasteiger partial charge in [-0.3, -0.25) is 9.36 Å². The Labute approximate surface area is 244 Å². The molecule has 3 heterocycles. The number of para-hydroxylation sites is 1. The second kappa shape index (κ2) is 11.1. The van der Waals surface area contributed by atoms with Crippen LogP contribution in [0.2, 0.25) is 10.0 Å². The van der Waals surface area contributed by atoms with Crippen molar-refractivity contribution in [1.82, 2.24) is 19.4 Å². The zero-order valence-corrected chi connectivity index (χ0v) is 23.9. The van der Waals surface area contributed by atoms with Crippen molar-refractivity contribution in [1.29, 1.82) is 0 Å². The minimum atomic E-state index is -0.779. The third-order valence-electron chi connectivity index (χ3n) is 6.35. The molecular weight excluding hydrogens is 577 g/mol. The van der Waals surface area contributed by atoms with E-state index < -0.39 is 28.9 Å². The Morgan fingerprint density at radius 3 is 2.24 bits per heavy atom. The Hall–Kier alpha value is -3.96. The summed E-state index contributed by atoms with van der Waals surface area (Å²) in [4.78, 5) is 37.0. The van der Waals surface area contributed by atoms with Gasteiger partial charge in [0.2, 0.25) is 5.95 Å². The van der Waals surface area contributed by atoms with E-state index in [2.05, 4.69) is 15.3 Å². The average Bonchev–Trinajstić information content (AvgIpc) is 2.89. The van der Waals surface area contributed by atoms with Gasteiger partial charge < -0.3 is 19.9 Å². The number of amides is 1. The van der Waals surface area contributed by atoms with Crippen molar-refractivity contribution in [3.63, 3.8) is 0 Å². The predicted molar refractivity (Wildman–Crippen MR) is 155 cm³/mol. The molecule has 1 aliphatic rings. The van der Waals surface area contributed by atoms with Gasteiger partial charge in [-0.1, -0.05) is 29.3 Å². The molecule has 2 aromatic heterocycles. The van der Waals surface area contributed by atoms with Crippen molar-refractivity contribution in [3.8, 4) is 5.69 Å². The molecule has 41 heavy (non-hydrogen) atoms. The first-order valence-corrected chi connectivity index (χ1v) is 13.5. The normalized spacial score (nSPS) is 13.9. The van der Waals surface area contributed by atoms with Gasteiger partial charge in [-0.15, -0.1) is 0 Å². The number of ether oxygens (including phenoxy) is 1. The van der Waals surface area contributed by atoms with Crippen LogP contribution in [-0.4, -0.2) is 57.3 Å². The molecule has 0 bridgehead atoms. The summed E-state index contributed by atoms with van der Waals surface area (Å²) in [7, 11) is 0. The van der Waals surface area contributed by atoms with Gasteiger partial charge in [-0.25, -0.2) is 23.5 Å². The fraction of sp³-hybridized carbons (Fsp3) is 0.286.